The van der Waals surface area contributed by atoms with E-state index in [0.717, 1.165) is 38.6 Å². The van der Waals surface area contributed by atoms with E-state index in [1.807, 2.05) is 4.90 Å². The first kappa shape index (κ1) is 14.9. The number of ketones is 1. The molecule has 1 aliphatic heterocycles. The zero-order valence-electron chi connectivity index (χ0n) is 11.3. The quantitative estimate of drug-likeness (QED) is 0.742. The largest absolute Gasteiger partial charge is 0.762 e. The van der Waals surface area contributed by atoms with Crippen molar-refractivity contribution in [3.05, 3.63) is 5.21 Å². The Labute approximate surface area is 114 Å². The highest BCUT2D eigenvalue weighted by molar-refractivity contribution is 5.83. The molecule has 1 aliphatic carbocycles. The Morgan fingerprint density at radius 1 is 1.32 bits per heavy atom. The molecule has 3 N–H and O–H groups in total. The normalized spacial score (nSPS) is 33.6. The SMILES string of the molecule is NC1CCCCN1CC(=O)C1CCCC(N([O-])O)C1. The van der Waals surface area contributed by atoms with E-state index in [9.17, 15) is 10.0 Å². The molecular weight excluding hydrogens is 246 g/mol. The number of nitrogens with zero attached hydrogens (tertiary/aromatic N) is 2. The lowest BCUT2D eigenvalue weighted by atomic mass is 9.83. The van der Waals surface area contributed by atoms with Gasteiger partial charge in [-0.15, -0.1) is 0 Å². The van der Waals surface area contributed by atoms with E-state index >= 15 is 0 Å². The molecule has 0 aromatic carbocycles. The number of likely N-dealkylation sites (tertiary alicyclic amines) is 1. The number of carbonyl (C=O) groups excluding carboxylic acids is 1. The summed E-state index contributed by atoms with van der Waals surface area (Å²) in [5, 5.41) is 19.9. The molecule has 0 radical (unpaired) electrons. The van der Waals surface area contributed by atoms with Crippen LogP contribution in [0, 0.1) is 11.1 Å². The van der Waals surface area contributed by atoms with Gasteiger partial charge in [0.1, 0.15) is 5.78 Å². The molecule has 0 aromatic rings. The van der Waals surface area contributed by atoms with Crippen LogP contribution >= 0.6 is 0 Å². The maximum Gasteiger partial charge on any atom is 0.150 e. The molecule has 0 amide bonds. The van der Waals surface area contributed by atoms with Crippen molar-refractivity contribution < 1.29 is 10.0 Å². The van der Waals surface area contributed by atoms with Crippen LogP contribution in [0.25, 0.3) is 0 Å². The van der Waals surface area contributed by atoms with Crippen molar-refractivity contribution in [1.82, 2.24) is 10.1 Å². The minimum atomic E-state index is -0.419. The summed E-state index contributed by atoms with van der Waals surface area (Å²) in [4.78, 5) is 14.3. The Kier molecular flexibility index (Phi) is 5.29. The van der Waals surface area contributed by atoms with Crippen LogP contribution in [0.15, 0.2) is 0 Å². The van der Waals surface area contributed by atoms with Crippen molar-refractivity contribution in [2.75, 3.05) is 13.1 Å². The van der Waals surface area contributed by atoms with Crippen molar-refractivity contribution in [2.45, 2.75) is 57.2 Å². The molecular formula is C13H24N3O3-. The summed E-state index contributed by atoms with van der Waals surface area (Å²) in [5.74, 6) is 0.0698. The minimum absolute atomic E-state index is 0.00839. The molecule has 6 heteroatoms. The van der Waals surface area contributed by atoms with Gasteiger partial charge < -0.3 is 16.1 Å². The number of hydrogen-bond donors (Lipinski definition) is 2. The maximum absolute atomic E-state index is 12.3. The number of hydroxylamine groups is 2. The maximum atomic E-state index is 12.3. The van der Waals surface area contributed by atoms with Crippen LogP contribution in [0.3, 0.4) is 0 Å². The molecule has 3 unspecified atom stereocenters. The van der Waals surface area contributed by atoms with Crippen LogP contribution in [0.1, 0.15) is 44.9 Å². The third-order valence-corrected chi connectivity index (χ3v) is 4.44. The van der Waals surface area contributed by atoms with E-state index in [1.54, 1.807) is 0 Å². The van der Waals surface area contributed by atoms with Crippen LogP contribution in [0.2, 0.25) is 0 Å². The Bertz CT molecular complexity index is 312. The van der Waals surface area contributed by atoms with Crippen molar-refractivity contribution >= 4 is 5.78 Å². The molecule has 3 atom stereocenters. The summed E-state index contributed by atoms with van der Waals surface area (Å²) >= 11 is 0. The lowest BCUT2D eigenvalue weighted by molar-refractivity contribution is -0.130. The van der Waals surface area contributed by atoms with Crippen LogP contribution in [0.4, 0.5) is 0 Å². The Balaban J connectivity index is 1.85. The van der Waals surface area contributed by atoms with E-state index in [2.05, 4.69) is 0 Å². The molecule has 2 fully saturated rings. The molecule has 0 aromatic heterocycles. The fraction of sp³-hybridized carbons (Fsp3) is 0.923. The fourth-order valence-corrected chi connectivity index (χ4v) is 3.20. The van der Waals surface area contributed by atoms with Crippen LogP contribution in [-0.2, 0) is 4.79 Å². The summed E-state index contributed by atoms with van der Waals surface area (Å²) in [5.41, 5.74) is 6.01. The molecule has 1 heterocycles. The van der Waals surface area contributed by atoms with Crippen molar-refractivity contribution in [1.29, 1.82) is 0 Å². The molecule has 0 bridgehead atoms. The summed E-state index contributed by atoms with van der Waals surface area (Å²) in [6, 6.07) is -0.419. The number of rotatable bonds is 4. The molecule has 2 aliphatic rings. The lowest BCUT2D eigenvalue weighted by Crippen LogP contribution is -2.49. The molecule has 110 valence electrons. The molecule has 19 heavy (non-hydrogen) atoms. The number of hydrogen-bond acceptors (Lipinski definition) is 6. The molecule has 6 nitrogen and oxygen atoms in total. The van der Waals surface area contributed by atoms with Gasteiger partial charge in [-0.3, -0.25) is 14.9 Å². The third kappa shape index (κ3) is 3.97. The van der Waals surface area contributed by atoms with Gasteiger partial charge in [0.05, 0.1) is 12.7 Å². The first-order valence-corrected chi connectivity index (χ1v) is 7.25. The Morgan fingerprint density at radius 2 is 2.11 bits per heavy atom. The van der Waals surface area contributed by atoms with Crippen molar-refractivity contribution in [2.24, 2.45) is 11.7 Å². The van der Waals surface area contributed by atoms with E-state index in [-0.39, 0.29) is 23.1 Å². The number of piperidine rings is 1. The monoisotopic (exact) mass is 270 g/mol. The average Bonchev–Trinajstić information content (AvgIpc) is 2.41. The van der Waals surface area contributed by atoms with Crippen molar-refractivity contribution in [3.63, 3.8) is 0 Å². The van der Waals surface area contributed by atoms with Gasteiger partial charge in [0.25, 0.3) is 0 Å². The standard InChI is InChI=1S/C13H24N3O3/c14-13-6-1-2-7-15(13)9-12(17)10-4-3-5-11(8-10)16(18)19/h10-11,13,18H,1-9,14H2/q-1. The number of nitrogens with two attached hydrogens (primary N) is 1. The second-order valence-electron chi connectivity index (χ2n) is 5.82. The highest BCUT2D eigenvalue weighted by atomic mass is 16.8. The fourth-order valence-electron chi connectivity index (χ4n) is 3.20. The number of Topliss-reactive ketones (excluding diaryl/α,β-unsaturated/α-hetero) is 1. The van der Waals surface area contributed by atoms with Gasteiger partial charge in [0.2, 0.25) is 0 Å². The van der Waals surface area contributed by atoms with E-state index in [0.29, 0.717) is 19.4 Å². The lowest BCUT2D eigenvalue weighted by Gasteiger charge is -2.38. The smallest absolute Gasteiger partial charge is 0.150 e. The summed E-state index contributed by atoms with van der Waals surface area (Å²) in [6.45, 7) is 1.28. The number of carbonyl (C=O) groups is 1. The first-order valence-electron chi connectivity index (χ1n) is 7.25. The molecule has 1 saturated heterocycles. The van der Waals surface area contributed by atoms with Gasteiger partial charge in [-0.2, -0.15) is 0 Å². The van der Waals surface area contributed by atoms with Gasteiger partial charge in [-0.05, 0) is 38.5 Å². The summed E-state index contributed by atoms with van der Waals surface area (Å²) in [6.07, 6.45) is 5.97. The zero-order chi connectivity index (χ0) is 13.8. The van der Waals surface area contributed by atoms with Crippen LogP contribution < -0.4 is 5.73 Å². The predicted molar refractivity (Wildman–Crippen MR) is 71.1 cm³/mol. The topological polar surface area (TPSA) is 92.9 Å². The molecule has 0 spiro atoms. The Morgan fingerprint density at radius 3 is 2.79 bits per heavy atom. The summed E-state index contributed by atoms with van der Waals surface area (Å²) < 4.78 is 0. The van der Waals surface area contributed by atoms with E-state index in [4.69, 9.17) is 10.9 Å². The third-order valence-electron chi connectivity index (χ3n) is 4.44. The van der Waals surface area contributed by atoms with E-state index < -0.39 is 6.04 Å². The van der Waals surface area contributed by atoms with Gasteiger partial charge >= 0.3 is 0 Å². The highest BCUT2D eigenvalue weighted by Crippen LogP contribution is 2.28. The van der Waals surface area contributed by atoms with Gasteiger partial charge in [0.15, 0.2) is 0 Å². The van der Waals surface area contributed by atoms with Gasteiger partial charge in [-0.1, -0.05) is 6.42 Å². The summed E-state index contributed by atoms with van der Waals surface area (Å²) in [7, 11) is 0. The van der Waals surface area contributed by atoms with Crippen LogP contribution in [0.5, 0.6) is 0 Å². The van der Waals surface area contributed by atoms with Crippen LogP contribution in [-0.4, -0.2) is 46.4 Å². The van der Waals surface area contributed by atoms with Crippen molar-refractivity contribution in [3.8, 4) is 0 Å². The van der Waals surface area contributed by atoms with Gasteiger partial charge in [-0.25, -0.2) is 0 Å². The predicted octanol–water partition coefficient (Wildman–Crippen LogP) is 1.07. The van der Waals surface area contributed by atoms with Gasteiger partial charge in [0, 0.05) is 18.5 Å². The minimum Gasteiger partial charge on any atom is -0.762 e. The zero-order valence-corrected chi connectivity index (χ0v) is 11.3. The second-order valence-corrected chi connectivity index (χ2v) is 5.82. The average molecular weight is 270 g/mol. The first-order chi connectivity index (χ1) is 9.08. The second kappa shape index (κ2) is 6.76. The molecule has 2 rings (SSSR count). The highest BCUT2D eigenvalue weighted by Gasteiger charge is 2.30. The molecule has 1 saturated carbocycles. The van der Waals surface area contributed by atoms with E-state index in [1.165, 1.54) is 0 Å². The Hall–Kier alpha value is -0.530.